The van der Waals surface area contributed by atoms with Gasteiger partial charge in [0, 0.05) is 12.0 Å². The molecule has 0 radical (unpaired) electrons. The van der Waals surface area contributed by atoms with Crippen molar-refractivity contribution in [2.24, 2.45) is 0 Å². The maximum Gasteiger partial charge on any atom is 0.338 e. The van der Waals surface area contributed by atoms with E-state index in [0.717, 1.165) is 18.4 Å². The normalized spacial score (nSPS) is 11.5. The van der Waals surface area contributed by atoms with Gasteiger partial charge in [-0.2, -0.15) is 0 Å². The van der Waals surface area contributed by atoms with E-state index in [1.54, 1.807) is 19.1 Å². The Hall–Kier alpha value is -3.05. The van der Waals surface area contributed by atoms with Gasteiger partial charge in [0.15, 0.2) is 0 Å². The Morgan fingerprint density at radius 2 is 1.81 bits per heavy atom. The highest BCUT2D eigenvalue weighted by atomic mass is 16.5. The summed E-state index contributed by atoms with van der Waals surface area (Å²) < 4.78 is 5.04. The third kappa shape index (κ3) is 4.77. The maximum atomic E-state index is 11.8. The van der Waals surface area contributed by atoms with Crippen LogP contribution in [-0.2, 0) is 4.74 Å². The van der Waals surface area contributed by atoms with Gasteiger partial charge < -0.3 is 4.74 Å². The van der Waals surface area contributed by atoms with Gasteiger partial charge >= 0.3 is 5.97 Å². The fourth-order valence-corrected chi connectivity index (χ4v) is 3.23. The fourth-order valence-electron chi connectivity index (χ4n) is 3.23. The largest absolute Gasteiger partial charge is 0.462 e. The Bertz CT molecular complexity index is 986. The molecular weight excluding hydrogens is 332 g/mol. The van der Waals surface area contributed by atoms with Gasteiger partial charge in [0.05, 0.1) is 12.2 Å². The Balaban J connectivity index is 1.65. The van der Waals surface area contributed by atoms with Crippen molar-refractivity contribution >= 4 is 16.7 Å². The van der Waals surface area contributed by atoms with Crippen LogP contribution in [0.25, 0.3) is 10.8 Å². The standard InChI is InChI=1S/C25H24O2/c1-3-27-25(26)22-15-8-12-20(18-22)11-5-4-10-19(2)23-17-9-14-21-13-6-7-16-24(21)23/h6-9,12-19H,3-4,10H2,1-2H3/t19-/m0/s1. The molecule has 0 unspecified atom stereocenters. The summed E-state index contributed by atoms with van der Waals surface area (Å²) in [5.41, 5.74) is 2.77. The third-order valence-electron chi connectivity index (χ3n) is 4.66. The Morgan fingerprint density at radius 3 is 2.67 bits per heavy atom. The lowest BCUT2D eigenvalue weighted by Crippen LogP contribution is -2.04. The first-order valence-electron chi connectivity index (χ1n) is 9.42. The summed E-state index contributed by atoms with van der Waals surface area (Å²) in [5, 5.41) is 2.60. The van der Waals surface area contributed by atoms with Crippen molar-refractivity contribution in [3.05, 3.63) is 83.4 Å². The van der Waals surface area contributed by atoms with Crippen LogP contribution in [0.1, 0.15) is 54.1 Å². The molecule has 0 heterocycles. The summed E-state index contributed by atoms with van der Waals surface area (Å²) >= 11 is 0. The fraction of sp³-hybridized carbons (Fsp3) is 0.240. The minimum atomic E-state index is -0.300. The molecule has 0 saturated heterocycles. The molecule has 2 nitrogen and oxygen atoms in total. The van der Waals surface area contributed by atoms with E-state index < -0.39 is 0 Å². The molecule has 1 atom stereocenters. The lowest BCUT2D eigenvalue weighted by Gasteiger charge is -2.13. The second-order valence-electron chi connectivity index (χ2n) is 6.61. The molecule has 0 amide bonds. The topological polar surface area (TPSA) is 26.3 Å². The highest BCUT2D eigenvalue weighted by Crippen LogP contribution is 2.28. The first-order valence-corrected chi connectivity index (χ1v) is 9.42. The zero-order chi connectivity index (χ0) is 19.1. The number of carbonyl (C=O) groups is 1. The summed E-state index contributed by atoms with van der Waals surface area (Å²) in [5.74, 6) is 6.56. The molecule has 0 aliphatic heterocycles. The van der Waals surface area contributed by atoms with Crippen molar-refractivity contribution < 1.29 is 9.53 Å². The van der Waals surface area contributed by atoms with Gasteiger partial charge in [-0.3, -0.25) is 0 Å². The average molecular weight is 356 g/mol. The van der Waals surface area contributed by atoms with Gasteiger partial charge in [-0.1, -0.05) is 67.3 Å². The molecule has 136 valence electrons. The molecule has 3 rings (SSSR count). The molecule has 0 bridgehead atoms. The van der Waals surface area contributed by atoms with Crippen LogP contribution in [0.2, 0.25) is 0 Å². The number of rotatable bonds is 5. The second kappa shape index (κ2) is 9.05. The summed E-state index contributed by atoms with van der Waals surface area (Å²) in [6.07, 6.45) is 1.81. The summed E-state index contributed by atoms with van der Waals surface area (Å²) in [4.78, 5) is 11.8. The zero-order valence-corrected chi connectivity index (χ0v) is 15.9. The molecule has 0 aromatic heterocycles. The lowest BCUT2D eigenvalue weighted by molar-refractivity contribution is 0.0526. The third-order valence-corrected chi connectivity index (χ3v) is 4.66. The molecule has 27 heavy (non-hydrogen) atoms. The number of hydrogen-bond acceptors (Lipinski definition) is 2. The quantitative estimate of drug-likeness (QED) is 0.417. The number of ether oxygens (including phenoxy) is 1. The van der Waals surface area contributed by atoms with Crippen LogP contribution < -0.4 is 0 Å². The smallest absolute Gasteiger partial charge is 0.338 e. The maximum absolute atomic E-state index is 11.8. The van der Waals surface area contributed by atoms with Crippen molar-refractivity contribution in [1.29, 1.82) is 0 Å². The van der Waals surface area contributed by atoms with Crippen LogP contribution in [0.3, 0.4) is 0 Å². The molecule has 0 saturated carbocycles. The summed E-state index contributed by atoms with van der Waals surface area (Å²) in [7, 11) is 0. The van der Waals surface area contributed by atoms with E-state index in [4.69, 9.17) is 4.74 Å². The van der Waals surface area contributed by atoms with Crippen molar-refractivity contribution in [3.63, 3.8) is 0 Å². The Kier molecular flexibility index (Phi) is 6.28. The van der Waals surface area contributed by atoms with Gasteiger partial charge in [0.2, 0.25) is 0 Å². The van der Waals surface area contributed by atoms with Crippen LogP contribution in [0.5, 0.6) is 0 Å². The highest BCUT2D eigenvalue weighted by Gasteiger charge is 2.08. The number of fused-ring (bicyclic) bond motifs is 1. The zero-order valence-electron chi connectivity index (χ0n) is 15.9. The number of esters is 1. The van der Waals surface area contributed by atoms with Crippen LogP contribution in [0.15, 0.2) is 66.7 Å². The van der Waals surface area contributed by atoms with E-state index >= 15 is 0 Å². The van der Waals surface area contributed by atoms with Crippen LogP contribution in [0, 0.1) is 11.8 Å². The van der Waals surface area contributed by atoms with Crippen molar-refractivity contribution in [3.8, 4) is 11.8 Å². The number of carbonyl (C=O) groups excluding carboxylic acids is 1. The highest BCUT2D eigenvalue weighted by molar-refractivity contribution is 5.89. The first-order chi connectivity index (χ1) is 13.2. The van der Waals surface area contributed by atoms with Crippen LogP contribution in [-0.4, -0.2) is 12.6 Å². The van der Waals surface area contributed by atoms with Gasteiger partial charge in [-0.25, -0.2) is 4.79 Å². The number of benzene rings is 3. The molecule has 0 N–H and O–H groups in total. The predicted octanol–water partition coefficient (Wildman–Crippen LogP) is 5.95. The summed E-state index contributed by atoms with van der Waals surface area (Å²) in [6.45, 7) is 4.43. The average Bonchev–Trinajstić information content (AvgIpc) is 2.71. The van der Waals surface area contributed by atoms with E-state index in [9.17, 15) is 4.79 Å². The van der Waals surface area contributed by atoms with Gasteiger partial charge in [-0.05, 0) is 53.8 Å². The lowest BCUT2D eigenvalue weighted by atomic mass is 9.91. The molecule has 0 spiro atoms. The van der Waals surface area contributed by atoms with E-state index in [0.29, 0.717) is 18.1 Å². The van der Waals surface area contributed by atoms with Crippen molar-refractivity contribution in [1.82, 2.24) is 0 Å². The molecule has 0 fully saturated rings. The van der Waals surface area contributed by atoms with Crippen LogP contribution >= 0.6 is 0 Å². The van der Waals surface area contributed by atoms with Crippen molar-refractivity contribution in [2.75, 3.05) is 6.61 Å². The minimum absolute atomic E-state index is 0.300. The SMILES string of the molecule is CCOC(=O)c1cccc(C#CCC[C@H](C)c2cccc3ccccc23)c1. The second-order valence-corrected chi connectivity index (χ2v) is 6.61. The molecule has 2 heteroatoms. The summed E-state index contributed by atoms with van der Waals surface area (Å²) in [6, 6.07) is 22.3. The molecule has 3 aromatic carbocycles. The van der Waals surface area contributed by atoms with Gasteiger partial charge in [-0.15, -0.1) is 0 Å². The Morgan fingerprint density at radius 1 is 1.04 bits per heavy atom. The van der Waals surface area contributed by atoms with Gasteiger partial charge in [0.25, 0.3) is 0 Å². The predicted molar refractivity (Wildman–Crippen MR) is 111 cm³/mol. The van der Waals surface area contributed by atoms with Crippen molar-refractivity contribution in [2.45, 2.75) is 32.6 Å². The molecule has 3 aromatic rings. The van der Waals surface area contributed by atoms with E-state index in [1.165, 1.54) is 16.3 Å². The minimum Gasteiger partial charge on any atom is -0.462 e. The molecule has 0 aliphatic rings. The monoisotopic (exact) mass is 356 g/mol. The van der Waals surface area contributed by atoms with Gasteiger partial charge in [0.1, 0.15) is 0 Å². The van der Waals surface area contributed by atoms with E-state index in [1.807, 2.05) is 12.1 Å². The van der Waals surface area contributed by atoms with E-state index in [-0.39, 0.29) is 5.97 Å². The first kappa shape index (κ1) is 18.7. The number of hydrogen-bond donors (Lipinski definition) is 0. The molecular formula is C25H24O2. The van der Waals surface area contributed by atoms with Crippen LogP contribution in [0.4, 0.5) is 0 Å². The van der Waals surface area contributed by atoms with E-state index in [2.05, 4.69) is 61.2 Å². The Labute approximate surface area is 161 Å². The molecule has 0 aliphatic carbocycles.